The van der Waals surface area contributed by atoms with Crippen molar-refractivity contribution < 1.29 is 14.7 Å². The predicted octanol–water partition coefficient (Wildman–Crippen LogP) is 2.36. The molecule has 2 rings (SSSR count). The van der Waals surface area contributed by atoms with Crippen molar-refractivity contribution in [3.05, 3.63) is 0 Å². The van der Waals surface area contributed by atoms with Crippen LogP contribution in [0.3, 0.4) is 0 Å². The number of carboxylic acid groups (broad SMARTS) is 1. The molecular formula is C14H24N2O3S. The third kappa shape index (κ3) is 4.58. The Morgan fingerprint density at radius 2 is 1.95 bits per heavy atom. The van der Waals surface area contributed by atoms with E-state index in [0.717, 1.165) is 50.7 Å². The number of nitrogens with one attached hydrogen (secondary N) is 2. The largest absolute Gasteiger partial charge is 0.481 e. The molecule has 1 aliphatic carbocycles. The summed E-state index contributed by atoms with van der Waals surface area (Å²) < 4.78 is 0. The molecule has 1 heterocycles. The second kappa shape index (κ2) is 7.20. The van der Waals surface area contributed by atoms with E-state index in [2.05, 4.69) is 10.6 Å². The lowest BCUT2D eigenvalue weighted by Gasteiger charge is -2.37. The van der Waals surface area contributed by atoms with Crippen molar-refractivity contribution in [1.29, 1.82) is 0 Å². The molecule has 6 heteroatoms. The zero-order valence-electron chi connectivity index (χ0n) is 11.8. The lowest BCUT2D eigenvalue weighted by atomic mass is 9.79. The summed E-state index contributed by atoms with van der Waals surface area (Å²) in [5.41, 5.74) is -0.546. The number of hydrogen-bond donors (Lipinski definition) is 3. The van der Waals surface area contributed by atoms with Crippen LogP contribution in [0.4, 0.5) is 4.79 Å². The van der Waals surface area contributed by atoms with E-state index in [1.165, 1.54) is 5.75 Å². The van der Waals surface area contributed by atoms with Gasteiger partial charge in [0.2, 0.25) is 0 Å². The molecular weight excluding hydrogens is 276 g/mol. The van der Waals surface area contributed by atoms with E-state index in [4.69, 9.17) is 5.11 Å². The molecule has 0 aromatic carbocycles. The summed E-state index contributed by atoms with van der Waals surface area (Å²) in [6.45, 7) is 0. The predicted molar refractivity (Wildman–Crippen MR) is 80.1 cm³/mol. The van der Waals surface area contributed by atoms with Crippen LogP contribution < -0.4 is 10.6 Å². The monoisotopic (exact) mass is 300 g/mol. The summed E-state index contributed by atoms with van der Waals surface area (Å²) in [6.07, 6.45) is 6.84. The van der Waals surface area contributed by atoms with Crippen LogP contribution >= 0.6 is 11.8 Å². The van der Waals surface area contributed by atoms with Crippen LogP contribution in [0.5, 0.6) is 0 Å². The second-order valence-corrected chi connectivity index (χ2v) is 7.07. The summed E-state index contributed by atoms with van der Waals surface area (Å²) in [5, 5.41) is 15.1. The molecule has 0 aromatic rings. The Bertz CT molecular complexity index is 350. The number of urea groups is 1. The minimum absolute atomic E-state index is 0.0276. The highest BCUT2D eigenvalue weighted by Crippen LogP contribution is 2.31. The molecule has 1 unspecified atom stereocenters. The average Bonchev–Trinajstić information content (AvgIpc) is 2.39. The van der Waals surface area contributed by atoms with Crippen molar-refractivity contribution in [2.75, 3.05) is 11.5 Å². The van der Waals surface area contributed by atoms with Gasteiger partial charge in [0.15, 0.2) is 0 Å². The van der Waals surface area contributed by atoms with Gasteiger partial charge >= 0.3 is 12.0 Å². The number of aliphatic carboxylic acids is 1. The van der Waals surface area contributed by atoms with Gasteiger partial charge in [0.25, 0.3) is 0 Å². The van der Waals surface area contributed by atoms with Crippen molar-refractivity contribution in [2.45, 2.75) is 62.9 Å². The third-order valence-corrected chi connectivity index (χ3v) is 5.39. The summed E-state index contributed by atoms with van der Waals surface area (Å²) in [4.78, 5) is 23.2. The summed E-state index contributed by atoms with van der Waals surface area (Å²) >= 11 is 1.86. The van der Waals surface area contributed by atoms with E-state index in [1.54, 1.807) is 0 Å². The lowest BCUT2D eigenvalue weighted by Crippen LogP contribution is -2.56. The fraction of sp³-hybridized carbons (Fsp3) is 0.857. The number of carboxylic acids is 1. The van der Waals surface area contributed by atoms with E-state index >= 15 is 0 Å². The highest BCUT2D eigenvalue weighted by Gasteiger charge is 2.36. The summed E-state index contributed by atoms with van der Waals surface area (Å²) in [6, 6.07) is 0.0277. The Labute approximate surface area is 124 Å². The van der Waals surface area contributed by atoms with Crippen molar-refractivity contribution in [3.8, 4) is 0 Å². The molecule has 1 aliphatic heterocycles. The fourth-order valence-electron chi connectivity index (χ4n) is 3.18. The van der Waals surface area contributed by atoms with Crippen LogP contribution in [-0.2, 0) is 4.79 Å². The van der Waals surface area contributed by atoms with Gasteiger partial charge in [0.05, 0.1) is 12.0 Å². The van der Waals surface area contributed by atoms with E-state index in [-0.39, 0.29) is 18.5 Å². The van der Waals surface area contributed by atoms with Gasteiger partial charge in [-0.25, -0.2) is 4.79 Å². The molecule has 5 nitrogen and oxygen atoms in total. The fourth-order valence-corrected chi connectivity index (χ4v) is 4.25. The molecule has 3 N–H and O–H groups in total. The Morgan fingerprint density at radius 3 is 2.55 bits per heavy atom. The summed E-state index contributed by atoms with van der Waals surface area (Å²) in [7, 11) is 0. The number of rotatable bonds is 4. The van der Waals surface area contributed by atoms with Crippen molar-refractivity contribution in [3.63, 3.8) is 0 Å². The van der Waals surface area contributed by atoms with Gasteiger partial charge in [0, 0.05) is 11.8 Å². The molecule has 0 spiro atoms. The standard InChI is InChI=1S/C14H24N2O3S/c17-12(18)9-14(6-2-1-3-7-14)16-13(19)15-11-5-4-8-20-10-11/h11H,1-10H2,(H,17,18)(H2,15,16,19). The van der Waals surface area contributed by atoms with Crippen LogP contribution in [0.2, 0.25) is 0 Å². The van der Waals surface area contributed by atoms with Crippen LogP contribution in [-0.4, -0.2) is 40.2 Å². The molecule has 0 radical (unpaired) electrons. The van der Waals surface area contributed by atoms with E-state index in [9.17, 15) is 9.59 Å². The summed E-state index contributed by atoms with van der Waals surface area (Å²) in [5.74, 6) is 1.29. The van der Waals surface area contributed by atoms with Crippen LogP contribution in [0.1, 0.15) is 51.4 Å². The maximum Gasteiger partial charge on any atom is 0.315 e. The van der Waals surface area contributed by atoms with E-state index in [0.29, 0.717) is 0 Å². The molecule has 0 bridgehead atoms. The molecule has 1 atom stereocenters. The quantitative estimate of drug-likeness (QED) is 0.745. The Kier molecular flexibility index (Phi) is 5.57. The Morgan fingerprint density at radius 1 is 1.20 bits per heavy atom. The molecule has 1 saturated heterocycles. The first-order valence-corrected chi connectivity index (χ1v) is 8.63. The zero-order chi connectivity index (χ0) is 14.4. The van der Waals surface area contributed by atoms with E-state index < -0.39 is 11.5 Å². The average molecular weight is 300 g/mol. The Balaban J connectivity index is 1.89. The maximum absolute atomic E-state index is 12.1. The number of carbonyl (C=O) groups is 2. The zero-order valence-corrected chi connectivity index (χ0v) is 12.6. The molecule has 114 valence electrons. The topological polar surface area (TPSA) is 78.4 Å². The van der Waals surface area contributed by atoms with Gasteiger partial charge < -0.3 is 15.7 Å². The molecule has 2 amide bonds. The minimum Gasteiger partial charge on any atom is -0.481 e. The Hall–Kier alpha value is -0.910. The SMILES string of the molecule is O=C(O)CC1(NC(=O)NC2CCCSC2)CCCCC1. The molecule has 20 heavy (non-hydrogen) atoms. The minimum atomic E-state index is -0.833. The van der Waals surface area contributed by atoms with Crippen LogP contribution in [0.25, 0.3) is 0 Å². The van der Waals surface area contributed by atoms with Gasteiger partial charge in [-0.2, -0.15) is 11.8 Å². The van der Waals surface area contributed by atoms with Gasteiger partial charge in [0.1, 0.15) is 0 Å². The highest BCUT2D eigenvalue weighted by molar-refractivity contribution is 7.99. The number of hydrogen-bond acceptors (Lipinski definition) is 3. The second-order valence-electron chi connectivity index (χ2n) is 5.92. The van der Waals surface area contributed by atoms with Gasteiger partial charge in [-0.05, 0) is 31.4 Å². The molecule has 2 fully saturated rings. The van der Waals surface area contributed by atoms with Gasteiger partial charge in [-0.15, -0.1) is 0 Å². The molecule has 2 aliphatic rings. The smallest absolute Gasteiger partial charge is 0.315 e. The molecule has 1 saturated carbocycles. The van der Waals surface area contributed by atoms with Crippen molar-refractivity contribution >= 4 is 23.8 Å². The van der Waals surface area contributed by atoms with Gasteiger partial charge in [-0.3, -0.25) is 4.79 Å². The molecule has 0 aromatic heterocycles. The first-order chi connectivity index (χ1) is 9.60. The number of thioether (sulfide) groups is 1. The third-order valence-electron chi connectivity index (χ3n) is 4.17. The normalized spacial score (nSPS) is 25.7. The van der Waals surface area contributed by atoms with Crippen molar-refractivity contribution in [1.82, 2.24) is 10.6 Å². The lowest BCUT2D eigenvalue weighted by molar-refractivity contribution is -0.139. The first kappa shape index (κ1) is 15.5. The first-order valence-electron chi connectivity index (χ1n) is 7.48. The van der Waals surface area contributed by atoms with Crippen LogP contribution in [0, 0.1) is 0 Å². The van der Waals surface area contributed by atoms with Gasteiger partial charge in [-0.1, -0.05) is 19.3 Å². The highest BCUT2D eigenvalue weighted by atomic mass is 32.2. The van der Waals surface area contributed by atoms with Crippen LogP contribution in [0.15, 0.2) is 0 Å². The number of carbonyl (C=O) groups excluding carboxylic acids is 1. The number of amides is 2. The maximum atomic E-state index is 12.1. The van der Waals surface area contributed by atoms with Crippen molar-refractivity contribution in [2.24, 2.45) is 0 Å². The van der Waals surface area contributed by atoms with E-state index in [1.807, 2.05) is 11.8 Å².